The summed E-state index contributed by atoms with van der Waals surface area (Å²) in [6, 6.07) is 8.35. The third-order valence-electron chi connectivity index (χ3n) is 4.41. The summed E-state index contributed by atoms with van der Waals surface area (Å²) in [5, 5.41) is 9.91. The van der Waals surface area contributed by atoms with Crippen molar-refractivity contribution in [3.05, 3.63) is 53.3 Å². The van der Waals surface area contributed by atoms with Gasteiger partial charge in [-0.2, -0.15) is 0 Å². The maximum atomic E-state index is 13.7. The number of ether oxygens (including phenoxy) is 1. The minimum Gasteiger partial charge on any atom is -0.496 e. The van der Waals surface area contributed by atoms with E-state index in [4.69, 9.17) is 4.74 Å². The number of benzene rings is 2. The quantitative estimate of drug-likeness (QED) is 0.468. The first-order valence-electron chi connectivity index (χ1n) is 8.52. The van der Waals surface area contributed by atoms with Crippen molar-refractivity contribution in [1.29, 1.82) is 0 Å². The standard InChI is InChI=1S/C20H19FN2O4S/c1-11(19(25)26)23-17-9-15(21)5-6-16(17)22-20(23)28-10-14-8-13(12(2)24)4-7-18(14)27-3/h4-9,11H,10H2,1-3H3,(H,25,26). The van der Waals surface area contributed by atoms with E-state index in [1.54, 1.807) is 25.3 Å². The van der Waals surface area contributed by atoms with Crippen LogP contribution in [0.25, 0.3) is 11.0 Å². The summed E-state index contributed by atoms with van der Waals surface area (Å²) in [6.45, 7) is 3.01. The molecule has 0 aliphatic rings. The summed E-state index contributed by atoms with van der Waals surface area (Å²) in [5.41, 5.74) is 2.28. The molecule has 1 heterocycles. The molecule has 3 rings (SSSR count). The highest BCUT2D eigenvalue weighted by Gasteiger charge is 2.22. The predicted molar refractivity (Wildman–Crippen MR) is 105 cm³/mol. The van der Waals surface area contributed by atoms with E-state index in [-0.39, 0.29) is 5.78 Å². The number of carboxylic acid groups (broad SMARTS) is 1. The van der Waals surface area contributed by atoms with Crippen LogP contribution in [0.15, 0.2) is 41.6 Å². The van der Waals surface area contributed by atoms with Gasteiger partial charge in [-0.15, -0.1) is 0 Å². The van der Waals surface area contributed by atoms with Crippen LogP contribution in [0.3, 0.4) is 0 Å². The Balaban J connectivity index is 2.01. The first kappa shape index (κ1) is 19.9. The number of ketones is 1. The minimum absolute atomic E-state index is 0.0592. The van der Waals surface area contributed by atoms with Gasteiger partial charge in [0, 0.05) is 16.9 Å². The number of fused-ring (bicyclic) bond motifs is 1. The number of imidazole rings is 1. The number of rotatable bonds is 7. The molecule has 0 saturated heterocycles. The van der Waals surface area contributed by atoms with Gasteiger partial charge in [-0.25, -0.2) is 14.2 Å². The Kier molecular flexibility index (Phi) is 5.69. The van der Waals surface area contributed by atoms with Crippen molar-refractivity contribution in [1.82, 2.24) is 9.55 Å². The molecule has 3 aromatic rings. The van der Waals surface area contributed by atoms with Gasteiger partial charge in [0.25, 0.3) is 0 Å². The molecule has 0 radical (unpaired) electrons. The first-order chi connectivity index (χ1) is 13.3. The fraction of sp³-hybridized carbons (Fsp3) is 0.250. The molecule has 0 fully saturated rings. The van der Waals surface area contributed by atoms with Crippen LogP contribution in [0.5, 0.6) is 5.75 Å². The van der Waals surface area contributed by atoms with Crippen LogP contribution in [0.1, 0.15) is 35.8 Å². The lowest BCUT2D eigenvalue weighted by molar-refractivity contribution is -0.140. The van der Waals surface area contributed by atoms with Gasteiger partial charge in [0.05, 0.1) is 18.1 Å². The highest BCUT2D eigenvalue weighted by atomic mass is 32.2. The molecule has 0 aliphatic carbocycles. The van der Waals surface area contributed by atoms with Gasteiger partial charge >= 0.3 is 5.97 Å². The van der Waals surface area contributed by atoms with E-state index in [2.05, 4.69) is 4.98 Å². The lowest BCUT2D eigenvalue weighted by Gasteiger charge is -2.14. The molecule has 1 N–H and O–H groups in total. The van der Waals surface area contributed by atoms with Gasteiger partial charge in [0.1, 0.15) is 17.6 Å². The number of thioether (sulfide) groups is 1. The molecule has 2 aromatic carbocycles. The first-order valence-corrected chi connectivity index (χ1v) is 9.51. The van der Waals surface area contributed by atoms with Crippen molar-refractivity contribution in [2.75, 3.05) is 7.11 Å². The summed E-state index contributed by atoms with van der Waals surface area (Å²) in [7, 11) is 1.54. The van der Waals surface area contributed by atoms with E-state index < -0.39 is 17.8 Å². The number of nitrogens with zero attached hydrogens (tertiary/aromatic N) is 2. The van der Waals surface area contributed by atoms with Gasteiger partial charge in [-0.1, -0.05) is 11.8 Å². The topological polar surface area (TPSA) is 81.4 Å². The van der Waals surface area contributed by atoms with E-state index >= 15 is 0 Å². The summed E-state index contributed by atoms with van der Waals surface area (Å²) in [6.07, 6.45) is 0. The van der Waals surface area contributed by atoms with Gasteiger partial charge in [0.15, 0.2) is 10.9 Å². The Morgan fingerprint density at radius 1 is 1.29 bits per heavy atom. The molecule has 28 heavy (non-hydrogen) atoms. The molecule has 146 valence electrons. The molecular formula is C20H19FN2O4S. The fourth-order valence-electron chi connectivity index (χ4n) is 2.88. The number of carboxylic acids is 1. The van der Waals surface area contributed by atoms with Gasteiger partial charge in [-0.3, -0.25) is 4.79 Å². The molecule has 6 nitrogen and oxygen atoms in total. The third-order valence-corrected chi connectivity index (χ3v) is 5.41. The van der Waals surface area contributed by atoms with E-state index in [1.165, 1.54) is 48.4 Å². The monoisotopic (exact) mass is 402 g/mol. The lowest BCUT2D eigenvalue weighted by atomic mass is 10.1. The second-order valence-electron chi connectivity index (χ2n) is 6.28. The fourth-order valence-corrected chi connectivity index (χ4v) is 3.95. The van der Waals surface area contributed by atoms with Crippen molar-refractivity contribution >= 4 is 34.5 Å². The molecule has 0 spiro atoms. The highest BCUT2D eigenvalue weighted by Crippen LogP contribution is 2.33. The van der Waals surface area contributed by atoms with E-state index in [0.29, 0.717) is 33.3 Å². The maximum Gasteiger partial charge on any atom is 0.326 e. The highest BCUT2D eigenvalue weighted by molar-refractivity contribution is 7.98. The van der Waals surface area contributed by atoms with Crippen molar-refractivity contribution in [3.8, 4) is 5.75 Å². The van der Waals surface area contributed by atoms with Crippen LogP contribution in [0.4, 0.5) is 4.39 Å². The Morgan fingerprint density at radius 3 is 2.68 bits per heavy atom. The Bertz CT molecular complexity index is 1060. The average molecular weight is 402 g/mol. The van der Waals surface area contributed by atoms with Crippen LogP contribution in [0.2, 0.25) is 0 Å². The number of halogens is 1. The van der Waals surface area contributed by atoms with Gasteiger partial charge < -0.3 is 14.4 Å². The molecule has 0 aliphatic heterocycles. The molecule has 0 bridgehead atoms. The van der Waals surface area contributed by atoms with Gasteiger partial charge in [0.2, 0.25) is 0 Å². The third kappa shape index (κ3) is 3.87. The number of Topliss-reactive ketones (excluding diaryl/α,β-unsaturated/α-hetero) is 1. The molecule has 0 saturated carbocycles. The van der Waals surface area contributed by atoms with E-state index in [9.17, 15) is 19.1 Å². The van der Waals surface area contributed by atoms with Gasteiger partial charge in [-0.05, 0) is 50.2 Å². The van der Waals surface area contributed by atoms with E-state index in [0.717, 1.165) is 5.56 Å². The summed E-state index contributed by atoms with van der Waals surface area (Å²) in [4.78, 5) is 27.7. The Morgan fingerprint density at radius 2 is 2.04 bits per heavy atom. The minimum atomic E-state index is -1.04. The lowest BCUT2D eigenvalue weighted by Crippen LogP contribution is -2.16. The number of aromatic nitrogens is 2. The van der Waals surface area contributed by atoms with Crippen molar-refractivity contribution in [2.45, 2.75) is 30.8 Å². The van der Waals surface area contributed by atoms with Crippen LogP contribution >= 0.6 is 11.8 Å². The summed E-state index contributed by atoms with van der Waals surface area (Å²) >= 11 is 1.30. The van der Waals surface area contributed by atoms with Crippen LogP contribution in [-0.2, 0) is 10.5 Å². The normalized spacial score (nSPS) is 12.1. The second kappa shape index (κ2) is 8.02. The second-order valence-corrected chi connectivity index (χ2v) is 7.23. The zero-order valence-electron chi connectivity index (χ0n) is 15.6. The molecule has 8 heteroatoms. The average Bonchev–Trinajstić information content (AvgIpc) is 3.02. The zero-order chi connectivity index (χ0) is 20.4. The summed E-state index contributed by atoms with van der Waals surface area (Å²) < 4.78 is 20.6. The number of aliphatic carboxylic acids is 1. The Hall–Kier alpha value is -2.87. The smallest absolute Gasteiger partial charge is 0.326 e. The van der Waals surface area contributed by atoms with E-state index in [1.807, 2.05) is 0 Å². The van der Waals surface area contributed by atoms with Crippen molar-refractivity contribution in [3.63, 3.8) is 0 Å². The maximum absolute atomic E-state index is 13.7. The molecule has 1 aromatic heterocycles. The zero-order valence-corrected chi connectivity index (χ0v) is 16.4. The number of methoxy groups -OCH3 is 1. The molecule has 1 atom stereocenters. The van der Waals surface area contributed by atoms with Crippen LogP contribution in [-0.4, -0.2) is 33.5 Å². The SMILES string of the molecule is COc1ccc(C(C)=O)cc1CSc1nc2ccc(F)cc2n1C(C)C(=O)O. The number of carbonyl (C=O) groups is 2. The molecular weight excluding hydrogens is 383 g/mol. The Labute approximate surface area is 165 Å². The van der Waals surface area contributed by atoms with Crippen LogP contribution < -0.4 is 4.74 Å². The molecule has 0 amide bonds. The number of carbonyl (C=O) groups excluding carboxylic acids is 1. The number of hydrogen-bond donors (Lipinski definition) is 1. The largest absolute Gasteiger partial charge is 0.496 e. The predicted octanol–water partition coefficient (Wildman–Crippen LogP) is 4.32. The van der Waals surface area contributed by atoms with Crippen molar-refractivity contribution < 1.29 is 23.8 Å². The van der Waals surface area contributed by atoms with Crippen molar-refractivity contribution in [2.24, 2.45) is 0 Å². The molecule has 1 unspecified atom stereocenters. The van der Waals surface area contributed by atoms with Crippen LogP contribution in [0, 0.1) is 5.82 Å². The summed E-state index contributed by atoms with van der Waals surface area (Å²) in [5.74, 6) is -0.531. The number of hydrogen-bond acceptors (Lipinski definition) is 5.